The second-order valence-corrected chi connectivity index (χ2v) is 18.0. The summed E-state index contributed by atoms with van der Waals surface area (Å²) in [6.45, 7) is 6.34. The zero-order valence-electron chi connectivity index (χ0n) is 41.0. The number of carbonyl (C=O) groups excluding carboxylic acids is 2. The van der Waals surface area contributed by atoms with Crippen LogP contribution in [0.25, 0.3) is 0 Å². The van der Waals surface area contributed by atoms with Crippen LogP contribution in [0.4, 0.5) is 0 Å². The molecule has 1 amide bonds. The molecule has 3 N–H and O–H groups in total. The van der Waals surface area contributed by atoms with Crippen LogP contribution < -0.4 is 5.32 Å². The lowest BCUT2D eigenvalue weighted by Crippen LogP contribution is -2.46. The highest BCUT2D eigenvalue weighted by Gasteiger charge is 2.24. The normalized spacial score (nSPS) is 13.7. The molecule has 0 aliphatic carbocycles. The van der Waals surface area contributed by atoms with Gasteiger partial charge in [0, 0.05) is 6.42 Å². The maximum atomic E-state index is 13.2. The molecule has 3 unspecified atom stereocenters. The van der Waals surface area contributed by atoms with Gasteiger partial charge < -0.3 is 20.3 Å². The first-order valence-corrected chi connectivity index (χ1v) is 26.6. The number of allylic oxidation sites excluding steroid dienone is 10. The third kappa shape index (κ3) is 44.2. The molecule has 0 fully saturated rings. The van der Waals surface area contributed by atoms with Crippen molar-refractivity contribution in [1.82, 2.24) is 5.32 Å². The summed E-state index contributed by atoms with van der Waals surface area (Å²) in [5.41, 5.74) is 0. The second kappa shape index (κ2) is 49.6. The molecular formula is C56H101NO5. The summed E-state index contributed by atoms with van der Waals surface area (Å²) in [5, 5.41) is 23.8. The number of hydrogen-bond donors (Lipinski definition) is 3. The highest BCUT2D eigenvalue weighted by Crippen LogP contribution is 2.18. The lowest BCUT2D eigenvalue weighted by molar-refractivity contribution is -0.151. The number of amides is 1. The van der Waals surface area contributed by atoms with Gasteiger partial charge in [-0.1, -0.05) is 261 Å². The van der Waals surface area contributed by atoms with Crippen LogP contribution in [-0.4, -0.2) is 46.9 Å². The number of hydrogen-bond acceptors (Lipinski definition) is 5. The first-order chi connectivity index (χ1) is 30.5. The molecule has 0 radical (unpaired) electrons. The third-order valence-corrected chi connectivity index (χ3v) is 12.0. The number of esters is 1. The largest absolute Gasteiger partial charge is 0.462 e. The van der Waals surface area contributed by atoms with Crippen molar-refractivity contribution < 1.29 is 24.5 Å². The average Bonchev–Trinajstić information content (AvgIpc) is 3.26. The third-order valence-electron chi connectivity index (χ3n) is 12.0. The van der Waals surface area contributed by atoms with Crippen molar-refractivity contribution >= 4 is 11.9 Å². The van der Waals surface area contributed by atoms with Crippen LogP contribution in [0.5, 0.6) is 0 Å². The Morgan fingerprint density at radius 1 is 0.484 bits per heavy atom. The lowest BCUT2D eigenvalue weighted by Gasteiger charge is -2.24. The molecule has 0 bridgehead atoms. The van der Waals surface area contributed by atoms with Crippen molar-refractivity contribution in [1.29, 1.82) is 0 Å². The molecule has 0 spiro atoms. The predicted octanol–water partition coefficient (Wildman–Crippen LogP) is 16.0. The van der Waals surface area contributed by atoms with Gasteiger partial charge in [-0.3, -0.25) is 9.59 Å². The van der Waals surface area contributed by atoms with Crippen molar-refractivity contribution in [2.45, 2.75) is 277 Å². The summed E-state index contributed by atoms with van der Waals surface area (Å²) in [4.78, 5) is 26.1. The number of aliphatic hydroxyl groups is 2. The van der Waals surface area contributed by atoms with E-state index < -0.39 is 18.2 Å². The van der Waals surface area contributed by atoms with Crippen molar-refractivity contribution in [2.24, 2.45) is 0 Å². The van der Waals surface area contributed by atoms with E-state index in [1.807, 2.05) is 36.5 Å². The van der Waals surface area contributed by atoms with Crippen molar-refractivity contribution in [2.75, 3.05) is 6.61 Å². The quantitative estimate of drug-likeness (QED) is 0.0322. The van der Waals surface area contributed by atoms with E-state index >= 15 is 0 Å². The van der Waals surface area contributed by atoms with E-state index in [0.717, 1.165) is 70.6 Å². The summed E-state index contributed by atoms with van der Waals surface area (Å²) in [6, 6.07) is -0.710. The van der Waals surface area contributed by atoms with Crippen LogP contribution in [-0.2, 0) is 14.3 Å². The molecule has 62 heavy (non-hydrogen) atoms. The Kier molecular flexibility index (Phi) is 47.6. The van der Waals surface area contributed by atoms with Gasteiger partial charge in [0.05, 0.1) is 25.2 Å². The van der Waals surface area contributed by atoms with Gasteiger partial charge in [-0.05, 0) is 44.9 Å². The minimum atomic E-state index is -0.795. The molecule has 3 atom stereocenters. The Bertz CT molecular complexity index is 1110. The van der Waals surface area contributed by atoms with E-state index in [1.165, 1.54) is 141 Å². The molecule has 0 aliphatic rings. The minimum Gasteiger partial charge on any atom is -0.462 e. The van der Waals surface area contributed by atoms with Crippen LogP contribution in [0.2, 0.25) is 0 Å². The van der Waals surface area contributed by atoms with Gasteiger partial charge in [0.25, 0.3) is 0 Å². The first-order valence-electron chi connectivity index (χ1n) is 26.6. The highest BCUT2D eigenvalue weighted by atomic mass is 16.5. The Labute approximate surface area is 384 Å². The molecule has 6 nitrogen and oxygen atoms in total. The molecule has 0 heterocycles. The number of aliphatic hydroxyl groups excluding tert-OH is 2. The van der Waals surface area contributed by atoms with Gasteiger partial charge in [-0.15, -0.1) is 0 Å². The predicted molar refractivity (Wildman–Crippen MR) is 268 cm³/mol. The van der Waals surface area contributed by atoms with E-state index in [4.69, 9.17) is 4.74 Å². The van der Waals surface area contributed by atoms with Crippen LogP contribution in [0.1, 0.15) is 258 Å². The fourth-order valence-electron chi connectivity index (χ4n) is 7.98. The molecule has 0 aromatic rings. The number of nitrogens with one attached hydrogen (secondary N) is 1. The molecule has 0 rings (SSSR count). The van der Waals surface area contributed by atoms with Gasteiger partial charge in [0.15, 0.2) is 0 Å². The van der Waals surface area contributed by atoms with E-state index in [0.29, 0.717) is 19.3 Å². The second-order valence-electron chi connectivity index (χ2n) is 18.0. The van der Waals surface area contributed by atoms with E-state index in [2.05, 4.69) is 50.4 Å². The molecule has 0 aliphatic heterocycles. The number of unbranched alkanes of at least 4 members (excludes halogenated alkanes) is 29. The van der Waals surface area contributed by atoms with E-state index in [1.54, 1.807) is 0 Å². The van der Waals surface area contributed by atoms with Gasteiger partial charge in [-0.2, -0.15) is 0 Å². The van der Waals surface area contributed by atoms with Crippen LogP contribution in [0.3, 0.4) is 0 Å². The van der Waals surface area contributed by atoms with Gasteiger partial charge in [-0.25, -0.2) is 0 Å². The van der Waals surface area contributed by atoms with Gasteiger partial charge >= 0.3 is 5.97 Å². The fraction of sp³-hybridized carbons (Fsp3) is 0.786. The maximum absolute atomic E-state index is 13.2. The molecule has 0 saturated heterocycles. The van der Waals surface area contributed by atoms with E-state index in [9.17, 15) is 19.8 Å². The summed E-state index contributed by atoms with van der Waals surface area (Å²) in [5.74, 6) is -0.516. The van der Waals surface area contributed by atoms with Crippen LogP contribution in [0, 0.1) is 0 Å². The van der Waals surface area contributed by atoms with Crippen molar-refractivity contribution in [3.8, 4) is 0 Å². The summed E-state index contributed by atoms with van der Waals surface area (Å²) in [6.07, 6.45) is 61.3. The Morgan fingerprint density at radius 3 is 1.31 bits per heavy atom. The Balaban J connectivity index is 4.58. The Morgan fingerprint density at radius 2 is 0.871 bits per heavy atom. The topological polar surface area (TPSA) is 95.9 Å². The van der Waals surface area contributed by atoms with E-state index in [-0.39, 0.29) is 24.9 Å². The number of rotatable bonds is 47. The lowest BCUT2D eigenvalue weighted by atomic mass is 10.0. The smallest absolute Gasteiger partial charge is 0.306 e. The molecule has 0 aromatic heterocycles. The summed E-state index contributed by atoms with van der Waals surface area (Å²) < 4.78 is 5.92. The molecule has 0 aromatic carbocycles. The first kappa shape index (κ1) is 59.6. The summed E-state index contributed by atoms with van der Waals surface area (Å²) in [7, 11) is 0. The number of ether oxygens (including phenoxy) is 1. The fourth-order valence-corrected chi connectivity index (χ4v) is 7.98. The SMILES string of the molecule is CC/C=C/C=C/C=C\C=C/C=C/CCCCCC(=O)OC(CCCCCCCCCCCCCC)CC(=O)NC(CO)C(O)CCCCCCCCCCCCCCCCCC. The maximum Gasteiger partial charge on any atom is 0.306 e. The van der Waals surface area contributed by atoms with Gasteiger partial charge in [0.1, 0.15) is 6.10 Å². The van der Waals surface area contributed by atoms with Crippen LogP contribution in [0.15, 0.2) is 60.8 Å². The number of carbonyl (C=O) groups is 2. The zero-order valence-corrected chi connectivity index (χ0v) is 41.0. The molecule has 0 saturated carbocycles. The highest BCUT2D eigenvalue weighted by molar-refractivity contribution is 5.77. The Hall–Kier alpha value is -2.44. The molecule has 6 heteroatoms. The van der Waals surface area contributed by atoms with Crippen LogP contribution >= 0.6 is 0 Å². The monoisotopic (exact) mass is 868 g/mol. The summed E-state index contributed by atoms with van der Waals surface area (Å²) >= 11 is 0. The molecule has 360 valence electrons. The molecular weight excluding hydrogens is 767 g/mol. The standard InChI is InChI=1S/C56H101NO5/c1-4-7-10-13-16-19-22-25-27-29-30-33-36-39-42-45-48-54(59)53(51-58)57-55(60)50-52(47-44-41-38-35-32-24-21-18-15-12-9-6-3)62-56(61)49-46-43-40-37-34-31-28-26-23-20-17-14-11-8-5-2/h8,11,14,17,20,23,26,28,31,34,52-54,58-59H,4-7,9-10,12-13,15-16,18-19,21-22,24-25,27,29-30,32-33,35-51H2,1-3H3,(H,57,60)/b11-8+,17-14+,23-20-,28-26-,34-31+. The zero-order chi connectivity index (χ0) is 45.2. The minimum absolute atomic E-state index is 0.0612. The van der Waals surface area contributed by atoms with Crippen molar-refractivity contribution in [3.05, 3.63) is 60.8 Å². The van der Waals surface area contributed by atoms with Crippen molar-refractivity contribution in [3.63, 3.8) is 0 Å². The average molecular weight is 868 g/mol. The van der Waals surface area contributed by atoms with Gasteiger partial charge in [0.2, 0.25) is 5.91 Å².